The van der Waals surface area contributed by atoms with Crippen molar-refractivity contribution < 1.29 is 14.3 Å². The van der Waals surface area contributed by atoms with Crippen LogP contribution in [0.5, 0.6) is 5.75 Å². The predicted molar refractivity (Wildman–Crippen MR) is 61.3 cm³/mol. The van der Waals surface area contributed by atoms with Crippen LogP contribution in [0, 0.1) is 0 Å². The summed E-state index contributed by atoms with van der Waals surface area (Å²) < 4.78 is 10.9. The van der Waals surface area contributed by atoms with Gasteiger partial charge < -0.3 is 9.47 Å². The molecule has 3 nitrogen and oxygen atoms in total. The Morgan fingerprint density at radius 2 is 2.07 bits per heavy atom. The topological polar surface area (TPSA) is 35.5 Å². The summed E-state index contributed by atoms with van der Waals surface area (Å²) in [4.78, 5) is 11.5. The van der Waals surface area contributed by atoms with Gasteiger partial charge in [0, 0.05) is 4.47 Å². The smallest absolute Gasteiger partial charge is 0.339 e. The van der Waals surface area contributed by atoms with Gasteiger partial charge in [0.25, 0.3) is 0 Å². The minimum Gasteiger partial charge on any atom is -0.494 e. The first kappa shape index (κ1) is 12.0. The highest BCUT2D eigenvalue weighted by atomic mass is 79.9. The summed E-state index contributed by atoms with van der Waals surface area (Å²) >= 11 is 3.30. The molecule has 4 heteroatoms. The molecule has 0 spiro atoms. The van der Waals surface area contributed by atoms with Crippen molar-refractivity contribution in [3.63, 3.8) is 0 Å². The summed E-state index contributed by atoms with van der Waals surface area (Å²) in [6.45, 7) is 4.61. The molecule has 0 N–H and O–H groups in total. The van der Waals surface area contributed by atoms with Crippen molar-refractivity contribution >= 4 is 21.9 Å². The van der Waals surface area contributed by atoms with E-state index in [4.69, 9.17) is 9.47 Å². The Morgan fingerprint density at radius 3 is 2.67 bits per heavy atom. The zero-order chi connectivity index (χ0) is 11.3. The number of esters is 1. The van der Waals surface area contributed by atoms with E-state index in [9.17, 15) is 4.79 Å². The second kappa shape index (κ2) is 5.75. The van der Waals surface area contributed by atoms with Crippen molar-refractivity contribution in [2.75, 3.05) is 13.2 Å². The standard InChI is InChI=1S/C11H13BrO3/c1-3-14-8-5-6-10(12)9(7-8)11(13)15-4-2/h5-7H,3-4H2,1-2H3. The first-order valence-corrected chi connectivity index (χ1v) is 5.57. The third kappa shape index (κ3) is 3.23. The van der Waals surface area contributed by atoms with E-state index in [0.29, 0.717) is 29.0 Å². The molecule has 0 saturated heterocycles. The number of rotatable bonds is 4. The van der Waals surface area contributed by atoms with Crippen molar-refractivity contribution in [3.05, 3.63) is 28.2 Å². The highest BCUT2D eigenvalue weighted by Crippen LogP contribution is 2.23. The number of hydrogen-bond acceptors (Lipinski definition) is 3. The Balaban J connectivity index is 2.94. The van der Waals surface area contributed by atoms with E-state index in [1.54, 1.807) is 25.1 Å². The van der Waals surface area contributed by atoms with Gasteiger partial charge in [-0.2, -0.15) is 0 Å². The summed E-state index contributed by atoms with van der Waals surface area (Å²) in [5, 5.41) is 0. The number of carbonyl (C=O) groups is 1. The molecule has 82 valence electrons. The van der Waals surface area contributed by atoms with Crippen molar-refractivity contribution in [1.29, 1.82) is 0 Å². The van der Waals surface area contributed by atoms with Crippen molar-refractivity contribution in [3.8, 4) is 5.75 Å². The molecule has 0 aliphatic rings. The highest BCUT2D eigenvalue weighted by molar-refractivity contribution is 9.10. The SMILES string of the molecule is CCOC(=O)c1cc(OCC)ccc1Br. The van der Waals surface area contributed by atoms with E-state index in [-0.39, 0.29) is 5.97 Å². The van der Waals surface area contributed by atoms with Crippen molar-refractivity contribution in [2.24, 2.45) is 0 Å². The van der Waals surface area contributed by atoms with Gasteiger partial charge in [-0.3, -0.25) is 0 Å². The fraction of sp³-hybridized carbons (Fsp3) is 0.364. The van der Waals surface area contributed by atoms with E-state index >= 15 is 0 Å². The van der Waals surface area contributed by atoms with Crippen LogP contribution in [0.3, 0.4) is 0 Å². The second-order valence-electron chi connectivity index (χ2n) is 2.80. The average molecular weight is 273 g/mol. The fourth-order valence-electron chi connectivity index (χ4n) is 1.13. The van der Waals surface area contributed by atoms with E-state index in [1.165, 1.54) is 0 Å². The summed E-state index contributed by atoms with van der Waals surface area (Å²) in [6.07, 6.45) is 0. The lowest BCUT2D eigenvalue weighted by atomic mass is 10.2. The lowest BCUT2D eigenvalue weighted by Crippen LogP contribution is -2.06. The molecule has 15 heavy (non-hydrogen) atoms. The zero-order valence-corrected chi connectivity index (χ0v) is 10.3. The van der Waals surface area contributed by atoms with Crippen LogP contribution in [-0.2, 0) is 4.74 Å². The summed E-state index contributed by atoms with van der Waals surface area (Å²) in [5.74, 6) is 0.328. The molecule has 0 bridgehead atoms. The van der Waals surface area contributed by atoms with E-state index < -0.39 is 0 Å². The maximum absolute atomic E-state index is 11.5. The number of halogens is 1. The molecule has 0 radical (unpaired) electrons. The first-order chi connectivity index (χ1) is 7.19. The van der Waals surface area contributed by atoms with Crippen molar-refractivity contribution in [1.82, 2.24) is 0 Å². The minimum absolute atomic E-state index is 0.342. The van der Waals surface area contributed by atoms with Crippen LogP contribution in [-0.4, -0.2) is 19.2 Å². The maximum atomic E-state index is 11.5. The lowest BCUT2D eigenvalue weighted by molar-refractivity contribution is 0.0525. The highest BCUT2D eigenvalue weighted by Gasteiger charge is 2.11. The Bertz CT molecular complexity index is 350. The molecule has 0 atom stereocenters. The van der Waals surface area contributed by atoms with Crippen LogP contribution in [0.2, 0.25) is 0 Å². The van der Waals surface area contributed by atoms with E-state index in [0.717, 1.165) is 0 Å². The van der Waals surface area contributed by atoms with Crippen LogP contribution in [0.25, 0.3) is 0 Å². The van der Waals surface area contributed by atoms with Gasteiger partial charge in [-0.15, -0.1) is 0 Å². The maximum Gasteiger partial charge on any atom is 0.339 e. The molecule has 0 aliphatic heterocycles. The third-order valence-electron chi connectivity index (χ3n) is 1.74. The average Bonchev–Trinajstić information content (AvgIpc) is 2.21. The number of hydrogen-bond donors (Lipinski definition) is 0. The molecular weight excluding hydrogens is 260 g/mol. The van der Waals surface area contributed by atoms with E-state index in [2.05, 4.69) is 15.9 Å². The van der Waals surface area contributed by atoms with Gasteiger partial charge >= 0.3 is 5.97 Å². The molecular formula is C11H13BrO3. The largest absolute Gasteiger partial charge is 0.494 e. The monoisotopic (exact) mass is 272 g/mol. The first-order valence-electron chi connectivity index (χ1n) is 4.78. The number of benzene rings is 1. The Morgan fingerprint density at radius 1 is 1.33 bits per heavy atom. The van der Waals surface area contributed by atoms with Crippen LogP contribution in [0.4, 0.5) is 0 Å². The molecule has 0 unspecified atom stereocenters. The molecule has 0 saturated carbocycles. The Kier molecular flexibility index (Phi) is 4.62. The molecule has 1 aromatic carbocycles. The van der Waals surface area contributed by atoms with Crippen LogP contribution < -0.4 is 4.74 Å². The molecule has 0 heterocycles. The second-order valence-corrected chi connectivity index (χ2v) is 3.65. The molecule has 0 fully saturated rings. The van der Waals surface area contributed by atoms with Crippen LogP contribution >= 0.6 is 15.9 Å². The molecule has 0 amide bonds. The zero-order valence-electron chi connectivity index (χ0n) is 8.75. The minimum atomic E-state index is -0.342. The summed E-state index contributed by atoms with van der Waals surface area (Å²) in [5.41, 5.74) is 0.489. The van der Waals surface area contributed by atoms with Crippen molar-refractivity contribution in [2.45, 2.75) is 13.8 Å². The normalized spacial score (nSPS) is 9.80. The summed E-state index contributed by atoms with van der Waals surface area (Å²) in [7, 11) is 0. The van der Waals surface area contributed by atoms with Gasteiger partial charge in [-0.25, -0.2) is 4.79 Å². The van der Waals surface area contributed by atoms with Crippen LogP contribution in [0.1, 0.15) is 24.2 Å². The van der Waals surface area contributed by atoms with Gasteiger partial charge in [0.05, 0.1) is 18.8 Å². The molecule has 1 aromatic rings. The quantitative estimate of drug-likeness (QED) is 0.791. The van der Waals surface area contributed by atoms with Crippen LogP contribution in [0.15, 0.2) is 22.7 Å². The van der Waals surface area contributed by atoms with E-state index in [1.807, 2.05) is 6.92 Å². The Hall–Kier alpha value is -1.03. The Labute approximate surface area is 97.5 Å². The fourth-order valence-corrected chi connectivity index (χ4v) is 1.53. The molecule has 1 rings (SSSR count). The predicted octanol–water partition coefficient (Wildman–Crippen LogP) is 3.02. The van der Waals surface area contributed by atoms with Gasteiger partial charge in [0.1, 0.15) is 5.75 Å². The molecule has 0 aliphatic carbocycles. The van der Waals surface area contributed by atoms with Gasteiger partial charge in [-0.05, 0) is 48.0 Å². The summed E-state index contributed by atoms with van der Waals surface area (Å²) in [6, 6.07) is 5.25. The third-order valence-corrected chi connectivity index (χ3v) is 2.44. The van der Waals surface area contributed by atoms with Gasteiger partial charge in [0.15, 0.2) is 0 Å². The van der Waals surface area contributed by atoms with Gasteiger partial charge in [-0.1, -0.05) is 0 Å². The number of ether oxygens (including phenoxy) is 2. The lowest BCUT2D eigenvalue weighted by Gasteiger charge is -2.07. The molecule has 0 aromatic heterocycles. The number of carbonyl (C=O) groups excluding carboxylic acids is 1. The van der Waals surface area contributed by atoms with Gasteiger partial charge in [0.2, 0.25) is 0 Å².